The van der Waals surface area contributed by atoms with Crippen LogP contribution >= 0.6 is 0 Å². The van der Waals surface area contributed by atoms with Crippen LogP contribution in [-0.4, -0.2) is 34.0 Å². The Morgan fingerprint density at radius 3 is 2.48 bits per heavy atom. The van der Waals surface area contributed by atoms with Gasteiger partial charge in [-0.3, -0.25) is 9.48 Å². The zero-order chi connectivity index (χ0) is 19.8. The van der Waals surface area contributed by atoms with E-state index >= 15 is 0 Å². The van der Waals surface area contributed by atoms with Gasteiger partial charge in [0.05, 0.1) is 22.7 Å². The summed E-state index contributed by atoms with van der Waals surface area (Å²) in [5.41, 5.74) is -0.418. The highest BCUT2D eigenvalue weighted by atomic mass is 19.4. The lowest BCUT2D eigenvalue weighted by Crippen LogP contribution is -2.54. The number of piperidine rings is 1. The minimum Gasteiger partial charge on any atom is -0.358 e. The number of rotatable bonds is 3. The summed E-state index contributed by atoms with van der Waals surface area (Å²) in [6.45, 7) is 1.95. The fourth-order valence-corrected chi connectivity index (χ4v) is 3.90. The predicted molar refractivity (Wildman–Crippen MR) is 92.8 cm³/mol. The number of amides is 1. The van der Waals surface area contributed by atoms with Crippen LogP contribution in [0.4, 0.5) is 13.2 Å². The molecule has 9 heteroatoms. The number of aromatic nitrogens is 3. The van der Waals surface area contributed by atoms with Crippen molar-refractivity contribution in [3.63, 3.8) is 0 Å². The largest absolute Gasteiger partial charge is 0.416 e. The van der Waals surface area contributed by atoms with Gasteiger partial charge in [-0.25, -0.2) is 0 Å². The van der Waals surface area contributed by atoms with Crippen molar-refractivity contribution in [2.45, 2.75) is 43.4 Å². The Labute approximate surface area is 155 Å². The van der Waals surface area contributed by atoms with E-state index in [-0.39, 0.29) is 18.0 Å². The monoisotopic (exact) mass is 381 g/mol. The molecule has 3 atom stereocenters. The molecule has 1 amide bonds. The molecule has 0 unspecified atom stereocenters. The van der Waals surface area contributed by atoms with Crippen LogP contribution in [0.3, 0.4) is 0 Å². The van der Waals surface area contributed by atoms with Gasteiger partial charge >= 0.3 is 6.18 Å². The van der Waals surface area contributed by atoms with Gasteiger partial charge < -0.3 is 10.6 Å². The van der Waals surface area contributed by atoms with Crippen molar-refractivity contribution in [1.29, 1.82) is 0 Å². The molecule has 2 aromatic rings. The molecule has 1 aromatic carbocycles. The van der Waals surface area contributed by atoms with Crippen molar-refractivity contribution >= 4 is 5.91 Å². The lowest BCUT2D eigenvalue weighted by molar-refractivity contribution is -0.137. The lowest BCUT2D eigenvalue weighted by atomic mass is 9.67. The Bertz CT molecular complexity index is 817. The van der Waals surface area contributed by atoms with Crippen molar-refractivity contribution in [3.05, 3.63) is 47.3 Å². The topological polar surface area (TPSA) is 71.8 Å². The average Bonchev–Trinajstić information content (AvgIpc) is 3.06. The van der Waals surface area contributed by atoms with Gasteiger partial charge in [-0.2, -0.15) is 13.2 Å². The Kier molecular flexibility index (Phi) is 4.98. The molecule has 1 aliphatic heterocycles. The second-order valence-electron chi connectivity index (χ2n) is 7.08. The molecule has 6 nitrogen and oxygen atoms in total. The Balaban J connectivity index is 2.02. The van der Waals surface area contributed by atoms with Crippen LogP contribution in [0.2, 0.25) is 0 Å². The summed E-state index contributed by atoms with van der Waals surface area (Å²) in [6.07, 6.45) is -1.80. The number of nitrogens with zero attached hydrogens (tertiary/aromatic N) is 3. The molecule has 0 saturated carbocycles. The summed E-state index contributed by atoms with van der Waals surface area (Å²) in [5, 5.41) is 14.2. The van der Waals surface area contributed by atoms with Gasteiger partial charge in [-0.05, 0) is 37.5 Å². The smallest absolute Gasteiger partial charge is 0.358 e. The zero-order valence-electron chi connectivity index (χ0n) is 15.3. The molecule has 0 bridgehead atoms. The van der Waals surface area contributed by atoms with Gasteiger partial charge in [0, 0.05) is 26.3 Å². The van der Waals surface area contributed by atoms with Gasteiger partial charge in [0.1, 0.15) is 0 Å². The first-order valence-electron chi connectivity index (χ1n) is 8.68. The number of hydrogen-bond donors (Lipinski definition) is 2. The van der Waals surface area contributed by atoms with E-state index in [1.807, 2.05) is 6.92 Å². The van der Waals surface area contributed by atoms with Gasteiger partial charge in [-0.15, -0.1) is 5.10 Å². The molecule has 2 heterocycles. The quantitative estimate of drug-likeness (QED) is 0.856. The van der Waals surface area contributed by atoms with Gasteiger partial charge in [0.25, 0.3) is 0 Å². The molecule has 0 aliphatic carbocycles. The van der Waals surface area contributed by atoms with Crippen molar-refractivity contribution in [2.75, 3.05) is 7.05 Å². The maximum absolute atomic E-state index is 12.9. The standard InChI is InChI=1S/C18H22F3N5O/c1-11-8-17(16(27)22-2,9-14(23-11)15-10-26(3)25-24-15)12-4-6-13(7-5-12)18(19,20)21/h4-7,10-11,14,23H,8-9H2,1-3H3,(H,22,27)/t11-,14-,17-/m0/s1. The second kappa shape index (κ2) is 6.95. The fourth-order valence-electron chi connectivity index (χ4n) is 3.90. The number of carbonyl (C=O) groups is 1. The van der Waals surface area contributed by atoms with Crippen LogP contribution in [0.5, 0.6) is 0 Å². The van der Waals surface area contributed by atoms with E-state index in [1.165, 1.54) is 19.2 Å². The van der Waals surface area contributed by atoms with Crippen molar-refractivity contribution in [3.8, 4) is 0 Å². The highest BCUT2D eigenvalue weighted by Gasteiger charge is 2.47. The first-order valence-corrected chi connectivity index (χ1v) is 8.68. The minimum absolute atomic E-state index is 0.0367. The molecule has 3 rings (SSSR count). The van der Waals surface area contributed by atoms with E-state index < -0.39 is 17.2 Å². The van der Waals surface area contributed by atoms with Crippen LogP contribution in [0.15, 0.2) is 30.5 Å². The van der Waals surface area contributed by atoms with Crippen LogP contribution in [0.1, 0.15) is 42.6 Å². The molecule has 1 fully saturated rings. The number of hydrogen-bond acceptors (Lipinski definition) is 4. The van der Waals surface area contributed by atoms with E-state index in [0.29, 0.717) is 24.1 Å². The molecule has 27 heavy (non-hydrogen) atoms. The number of aryl methyl sites for hydroxylation is 1. The van der Waals surface area contributed by atoms with Crippen LogP contribution in [-0.2, 0) is 23.4 Å². The Morgan fingerprint density at radius 1 is 1.30 bits per heavy atom. The number of benzene rings is 1. The van der Waals surface area contributed by atoms with Crippen molar-refractivity contribution in [1.82, 2.24) is 25.6 Å². The highest BCUT2D eigenvalue weighted by molar-refractivity contribution is 5.88. The minimum atomic E-state index is -4.41. The van der Waals surface area contributed by atoms with Crippen LogP contribution < -0.4 is 10.6 Å². The molecule has 0 spiro atoms. The summed E-state index contributed by atoms with van der Waals surface area (Å²) in [7, 11) is 3.29. The summed E-state index contributed by atoms with van der Waals surface area (Å²) < 4.78 is 40.3. The zero-order valence-corrected chi connectivity index (χ0v) is 15.3. The molecule has 1 saturated heterocycles. The third-order valence-electron chi connectivity index (χ3n) is 5.10. The molecule has 146 valence electrons. The Hall–Kier alpha value is -2.42. The summed E-state index contributed by atoms with van der Waals surface area (Å²) >= 11 is 0. The van der Waals surface area contributed by atoms with Crippen molar-refractivity contribution < 1.29 is 18.0 Å². The third kappa shape index (κ3) is 3.69. The lowest BCUT2D eigenvalue weighted by Gasteiger charge is -2.43. The van der Waals surface area contributed by atoms with Crippen LogP contribution in [0.25, 0.3) is 0 Å². The molecular weight excluding hydrogens is 359 g/mol. The molecule has 2 N–H and O–H groups in total. The van der Waals surface area contributed by atoms with E-state index in [4.69, 9.17) is 0 Å². The number of alkyl halides is 3. The summed E-state index contributed by atoms with van der Waals surface area (Å²) in [6, 6.07) is 4.61. The predicted octanol–water partition coefficient (Wildman–Crippen LogP) is 2.33. The first-order chi connectivity index (χ1) is 12.7. The van der Waals surface area contributed by atoms with Crippen LogP contribution in [0, 0.1) is 0 Å². The third-order valence-corrected chi connectivity index (χ3v) is 5.10. The van der Waals surface area contributed by atoms with Crippen molar-refractivity contribution in [2.24, 2.45) is 7.05 Å². The number of nitrogens with one attached hydrogen (secondary N) is 2. The maximum Gasteiger partial charge on any atom is 0.416 e. The van der Waals surface area contributed by atoms with Gasteiger partial charge in [0.15, 0.2) is 0 Å². The molecular formula is C18H22F3N5O. The van der Waals surface area contributed by atoms with Gasteiger partial charge in [0.2, 0.25) is 5.91 Å². The SMILES string of the molecule is CNC(=O)[C@]1(c2ccc(C(F)(F)F)cc2)C[C@@H](c2cn(C)nn2)N[C@@H](C)C1. The highest BCUT2D eigenvalue weighted by Crippen LogP contribution is 2.42. The first kappa shape index (κ1) is 19.3. The summed E-state index contributed by atoms with van der Waals surface area (Å²) in [5.74, 6) is -0.218. The normalized spacial score (nSPS) is 26.0. The van der Waals surface area contributed by atoms with Gasteiger partial charge in [-0.1, -0.05) is 17.3 Å². The number of carbonyl (C=O) groups excluding carboxylic acids is 1. The van der Waals surface area contributed by atoms with E-state index in [2.05, 4.69) is 20.9 Å². The molecule has 1 aromatic heterocycles. The number of likely N-dealkylation sites (N-methyl/N-ethyl adjacent to an activating group) is 1. The maximum atomic E-state index is 12.9. The molecule has 1 aliphatic rings. The van der Waals surface area contributed by atoms with E-state index in [1.54, 1.807) is 17.9 Å². The number of halogens is 3. The average molecular weight is 381 g/mol. The summed E-state index contributed by atoms with van der Waals surface area (Å²) in [4.78, 5) is 12.9. The van der Waals surface area contributed by atoms with E-state index in [0.717, 1.165) is 12.1 Å². The fraction of sp³-hybridized carbons (Fsp3) is 0.500. The Morgan fingerprint density at radius 2 is 1.96 bits per heavy atom. The van der Waals surface area contributed by atoms with E-state index in [9.17, 15) is 18.0 Å². The second-order valence-corrected chi connectivity index (χ2v) is 7.08. The molecule has 0 radical (unpaired) electrons.